The van der Waals surface area contributed by atoms with Crippen molar-refractivity contribution in [2.75, 3.05) is 78.5 Å². The van der Waals surface area contributed by atoms with Crippen LogP contribution in [0.1, 0.15) is 24.0 Å². The number of nitrogens with one attached hydrogen (secondary N) is 1. The highest BCUT2D eigenvalue weighted by Crippen LogP contribution is 2.38. The highest BCUT2D eigenvalue weighted by Gasteiger charge is 2.39. The summed E-state index contributed by atoms with van der Waals surface area (Å²) >= 11 is 0. The van der Waals surface area contributed by atoms with Crippen molar-refractivity contribution in [2.24, 2.45) is 0 Å². The maximum absolute atomic E-state index is 13.3. The summed E-state index contributed by atoms with van der Waals surface area (Å²) < 4.78 is 50.8. The first-order valence-corrected chi connectivity index (χ1v) is 13.0. The second kappa shape index (κ2) is 11.8. The number of hydrogen-bond donors (Lipinski definition) is 1. The predicted octanol–water partition coefficient (Wildman–Crippen LogP) is 3.62. The average Bonchev–Trinajstić information content (AvgIpc) is 2.93. The molecule has 2 saturated heterocycles. The molecule has 38 heavy (non-hydrogen) atoms. The number of alkyl halides is 3. The van der Waals surface area contributed by atoms with Crippen LogP contribution in [0.4, 0.5) is 18.9 Å². The minimum Gasteiger partial charge on any atom is -0.493 e. The van der Waals surface area contributed by atoms with Crippen LogP contribution in [0.25, 0.3) is 0 Å². The first-order valence-electron chi connectivity index (χ1n) is 13.0. The highest BCUT2D eigenvalue weighted by atomic mass is 19.4. The lowest BCUT2D eigenvalue weighted by molar-refractivity contribution is -0.137. The number of halogens is 3. The number of anilines is 1. The maximum atomic E-state index is 13.3. The van der Waals surface area contributed by atoms with Crippen molar-refractivity contribution in [3.63, 3.8) is 0 Å². The summed E-state index contributed by atoms with van der Waals surface area (Å²) in [7, 11) is 5.05. The number of carbonyl (C=O) groups excluding carboxylic acids is 1. The van der Waals surface area contributed by atoms with Crippen LogP contribution in [0.15, 0.2) is 42.5 Å². The number of rotatable bonds is 8. The molecule has 2 aliphatic rings. The zero-order valence-electron chi connectivity index (χ0n) is 22.3. The molecule has 0 unspecified atom stereocenters. The summed E-state index contributed by atoms with van der Waals surface area (Å²) in [5, 5.41) is 3.16. The second-order valence-electron chi connectivity index (χ2n) is 10.1. The number of benzene rings is 2. The molecular formula is C28H37F3N4O3. The van der Waals surface area contributed by atoms with Crippen molar-refractivity contribution in [1.29, 1.82) is 0 Å². The van der Waals surface area contributed by atoms with Gasteiger partial charge in [-0.25, -0.2) is 0 Å². The number of piperazine rings is 1. The molecule has 7 nitrogen and oxygen atoms in total. The van der Waals surface area contributed by atoms with Crippen molar-refractivity contribution in [1.82, 2.24) is 15.1 Å². The van der Waals surface area contributed by atoms with Gasteiger partial charge in [0.2, 0.25) is 5.91 Å². The van der Waals surface area contributed by atoms with E-state index in [0.29, 0.717) is 56.1 Å². The first-order chi connectivity index (χ1) is 18.2. The van der Waals surface area contributed by atoms with Crippen LogP contribution in [0.5, 0.6) is 11.5 Å². The number of likely N-dealkylation sites (N-methyl/N-ethyl adjacent to an activating group) is 1. The predicted molar refractivity (Wildman–Crippen MR) is 141 cm³/mol. The zero-order chi connectivity index (χ0) is 27.3. The molecule has 0 bridgehead atoms. The number of nitrogens with zero attached hydrogens (tertiary/aromatic N) is 3. The Morgan fingerprint density at radius 2 is 1.63 bits per heavy atom. The molecule has 0 atom stereocenters. The van der Waals surface area contributed by atoms with E-state index < -0.39 is 17.2 Å². The van der Waals surface area contributed by atoms with Crippen LogP contribution in [0.3, 0.4) is 0 Å². The Morgan fingerprint density at radius 3 is 2.24 bits per heavy atom. The van der Waals surface area contributed by atoms with Crippen LogP contribution in [0.2, 0.25) is 0 Å². The van der Waals surface area contributed by atoms with Crippen molar-refractivity contribution >= 4 is 11.6 Å². The summed E-state index contributed by atoms with van der Waals surface area (Å²) in [5.74, 6) is 1.45. The van der Waals surface area contributed by atoms with Gasteiger partial charge in [-0.3, -0.25) is 9.69 Å². The number of piperidine rings is 1. The highest BCUT2D eigenvalue weighted by molar-refractivity contribution is 5.78. The number of ether oxygens (including phenoxy) is 2. The van der Waals surface area contributed by atoms with E-state index in [9.17, 15) is 18.0 Å². The topological polar surface area (TPSA) is 57.3 Å². The van der Waals surface area contributed by atoms with Crippen LogP contribution < -0.4 is 19.7 Å². The minimum atomic E-state index is -4.38. The van der Waals surface area contributed by atoms with Gasteiger partial charge >= 0.3 is 6.18 Å². The summed E-state index contributed by atoms with van der Waals surface area (Å²) in [4.78, 5) is 19.4. The van der Waals surface area contributed by atoms with Gasteiger partial charge in [0.25, 0.3) is 0 Å². The smallest absolute Gasteiger partial charge is 0.416 e. The van der Waals surface area contributed by atoms with Gasteiger partial charge in [-0.1, -0.05) is 18.2 Å². The third-order valence-electron chi connectivity index (χ3n) is 7.85. The maximum Gasteiger partial charge on any atom is 0.416 e. The molecule has 0 radical (unpaired) electrons. The fourth-order valence-electron chi connectivity index (χ4n) is 5.59. The Hall–Kier alpha value is -2.98. The average molecular weight is 535 g/mol. The van der Waals surface area contributed by atoms with Gasteiger partial charge in [0, 0.05) is 63.0 Å². The Morgan fingerprint density at radius 1 is 0.947 bits per heavy atom. The van der Waals surface area contributed by atoms with Crippen molar-refractivity contribution in [2.45, 2.75) is 24.4 Å². The van der Waals surface area contributed by atoms with E-state index in [1.165, 1.54) is 12.1 Å². The zero-order valence-corrected chi connectivity index (χ0v) is 22.3. The van der Waals surface area contributed by atoms with E-state index in [-0.39, 0.29) is 5.91 Å². The third-order valence-corrected chi connectivity index (χ3v) is 7.85. The van der Waals surface area contributed by atoms with Crippen molar-refractivity contribution in [3.05, 3.63) is 53.6 Å². The van der Waals surface area contributed by atoms with Gasteiger partial charge in [0.1, 0.15) is 0 Å². The number of hydrogen-bond acceptors (Lipinski definition) is 6. The molecular weight excluding hydrogens is 497 g/mol. The fourth-order valence-corrected chi connectivity index (χ4v) is 5.59. The lowest BCUT2D eigenvalue weighted by atomic mass is 9.72. The largest absolute Gasteiger partial charge is 0.493 e. The normalized spacial score (nSPS) is 18.4. The second-order valence-corrected chi connectivity index (χ2v) is 10.1. The number of amides is 1. The van der Waals surface area contributed by atoms with Gasteiger partial charge in [-0.15, -0.1) is 0 Å². The molecule has 2 aromatic rings. The summed E-state index contributed by atoms with van der Waals surface area (Å²) in [6, 6.07) is 11.5. The number of carbonyl (C=O) groups is 1. The molecule has 0 saturated carbocycles. The van der Waals surface area contributed by atoms with Gasteiger partial charge in [0.05, 0.1) is 26.3 Å². The quantitative estimate of drug-likeness (QED) is 0.559. The molecule has 2 heterocycles. The lowest BCUT2D eigenvalue weighted by Crippen LogP contribution is -2.53. The summed E-state index contributed by atoms with van der Waals surface area (Å²) in [6.45, 7) is 5.10. The molecule has 2 aliphatic heterocycles. The van der Waals surface area contributed by atoms with Crippen LogP contribution in [0, 0.1) is 0 Å². The van der Waals surface area contributed by atoms with E-state index in [1.54, 1.807) is 20.3 Å². The Balaban J connectivity index is 1.32. The first kappa shape index (κ1) is 28.0. The van der Waals surface area contributed by atoms with Crippen LogP contribution >= 0.6 is 0 Å². The number of methoxy groups -OCH3 is 2. The third kappa shape index (κ3) is 6.18. The molecule has 10 heteroatoms. The molecule has 208 valence electrons. The van der Waals surface area contributed by atoms with Gasteiger partial charge in [-0.05, 0) is 43.7 Å². The Labute approximate surface area is 222 Å². The van der Waals surface area contributed by atoms with E-state index >= 15 is 0 Å². The van der Waals surface area contributed by atoms with Gasteiger partial charge in [-0.2, -0.15) is 13.2 Å². The number of likely N-dealkylation sites (tertiary alicyclic amines) is 1. The molecule has 2 fully saturated rings. The van der Waals surface area contributed by atoms with E-state index in [1.807, 2.05) is 30.1 Å². The van der Waals surface area contributed by atoms with Crippen LogP contribution in [-0.4, -0.2) is 89.3 Å². The molecule has 0 aromatic heterocycles. The molecule has 0 aliphatic carbocycles. The van der Waals surface area contributed by atoms with Crippen molar-refractivity contribution in [3.8, 4) is 11.5 Å². The fraction of sp³-hybridized carbons (Fsp3) is 0.536. The molecule has 1 N–H and O–H groups in total. The molecule has 2 aromatic carbocycles. The van der Waals surface area contributed by atoms with Crippen molar-refractivity contribution < 1.29 is 27.4 Å². The standard InChI is InChI=1S/C28H37F3N4O3/c1-32-20-27(21-5-4-6-22(17-21)28(29,30)31)9-11-35(12-10-27)26(36)19-33-13-15-34(16-14-33)23-7-8-24(37-2)25(18-23)38-3/h4-8,17-18,32H,9-16,19-20H2,1-3H3. The Bertz CT molecular complexity index is 1090. The monoisotopic (exact) mass is 534 g/mol. The molecule has 4 rings (SSSR count). The lowest BCUT2D eigenvalue weighted by Gasteiger charge is -2.43. The molecule has 1 amide bonds. The van der Waals surface area contributed by atoms with Crippen LogP contribution in [-0.2, 0) is 16.4 Å². The van der Waals surface area contributed by atoms with E-state index in [0.717, 1.165) is 37.9 Å². The Kier molecular flexibility index (Phi) is 8.72. The van der Waals surface area contributed by atoms with Gasteiger partial charge in [0.15, 0.2) is 11.5 Å². The SMILES string of the molecule is CNCC1(c2cccc(C(F)(F)F)c2)CCN(C(=O)CN2CCN(c3ccc(OC)c(OC)c3)CC2)CC1. The summed E-state index contributed by atoms with van der Waals surface area (Å²) in [5.41, 5.74) is 0.675. The minimum absolute atomic E-state index is 0.0756. The van der Waals surface area contributed by atoms with E-state index in [4.69, 9.17) is 9.47 Å². The summed E-state index contributed by atoms with van der Waals surface area (Å²) in [6.07, 6.45) is -3.14. The molecule has 0 spiro atoms. The van der Waals surface area contributed by atoms with Gasteiger partial charge < -0.3 is 24.6 Å². The van der Waals surface area contributed by atoms with E-state index in [2.05, 4.69) is 15.1 Å².